The van der Waals surface area contributed by atoms with Gasteiger partial charge in [-0.05, 0) is 35.6 Å². The van der Waals surface area contributed by atoms with E-state index in [1.165, 1.54) is 6.07 Å². The van der Waals surface area contributed by atoms with Gasteiger partial charge >= 0.3 is 7.12 Å². The second-order valence-corrected chi connectivity index (χ2v) is 4.02. The third kappa shape index (κ3) is 2.73. The smallest absolute Gasteiger partial charge is 0.423 e. The lowest BCUT2D eigenvalue weighted by atomic mass is 9.79. The molecule has 2 N–H and O–H groups in total. The Morgan fingerprint density at radius 1 is 1.00 bits per heavy atom. The summed E-state index contributed by atoms with van der Waals surface area (Å²) in [4.78, 5) is 0. The number of aryl methyl sites for hydroxylation is 1. The van der Waals surface area contributed by atoms with Crippen LogP contribution in [0.2, 0.25) is 0 Å². The van der Waals surface area contributed by atoms with E-state index in [0.717, 1.165) is 17.2 Å². The largest absolute Gasteiger partial charge is 0.488 e. The molecule has 2 aromatic carbocycles. The van der Waals surface area contributed by atoms with Gasteiger partial charge in [0.05, 0.1) is 0 Å². The maximum atomic E-state index is 13.4. The van der Waals surface area contributed by atoms with Crippen molar-refractivity contribution in [2.45, 2.75) is 6.92 Å². The van der Waals surface area contributed by atoms with Crippen LogP contribution in [0.3, 0.4) is 0 Å². The summed E-state index contributed by atoms with van der Waals surface area (Å²) < 4.78 is 13.4. The summed E-state index contributed by atoms with van der Waals surface area (Å²) in [6, 6.07) is 11.7. The van der Waals surface area contributed by atoms with E-state index in [4.69, 9.17) is 10.0 Å². The Bertz CT molecular complexity index is 541. The van der Waals surface area contributed by atoms with Crippen molar-refractivity contribution >= 4 is 12.6 Å². The Kier molecular flexibility index (Phi) is 3.27. The molecule has 0 saturated carbocycles. The summed E-state index contributed by atoms with van der Waals surface area (Å²) >= 11 is 0. The Morgan fingerprint density at radius 2 is 1.76 bits per heavy atom. The van der Waals surface area contributed by atoms with Crippen molar-refractivity contribution in [2.24, 2.45) is 0 Å². The molecule has 86 valence electrons. The minimum atomic E-state index is -1.66. The van der Waals surface area contributed by atoms with Crippen molar-refractivity contribution in [2.75, 3.05) is 0 Å². The van der Waals surface area contributed by atoms with E-state index in [1.54, 1.807) is 6.07 Å². The van der Waals surface area contributed by atoms with Gasteiger partial charge in [-0.3, -0.25) is 0 Å². The molecular formula is C13H12BFO2. The van der Waals surface area contributed by atoms with Crippen molar-refractivity contribution in [1.82, 2.24) is 0 Å². The number of benzene rings is 2. The zero-order valence-electron chi connectivity index (χ0n) is 9.39. The van der Waals surface area contributed by atoms with Crippen LogP contribution in [0, 0.1) is 12.7 Å². The molecular weight excluding hydrogens is 218 g/mol. The fourth-order valence-electron chi connectivity index (χ4n) is 1.75. The lowest BCUT2D eigenvalue weighted by molar-refractivity contribution is 0.425. The molecule has 0 spiro atoms. The van der Waals surface area contributed by atoms with Gasteiger partial charge in [-0.1, -0.05) is 35.9 Å². The molecule has 0 fully saturated rings. The highest BCUT2D eigenvalue weighted by atomic mass is 19.1. The molecule has 17 heavy (non-hydrogen) atoms. The summed E-state index contributed by atoms with van der Waals surface area (Å²) in [5.41, 5.74) is 2.71. The number of hydrogen-bond donors (Lipinski definition) is 2. The molecule has 0 aromatic heterocycles. The zero-order valence-corrected chi connectivity index (χ0v) is 9.39. The van der Waals surface area contributed by atoms with Gasteiger partial charge in [0.15, 0.2) is 0 Å². The standard InChI is InChI=1S/C13H12BFO2/c1-9-3-2-4-10(5-9)11-6-12(14(16)17)8-13(15)7-11/h2-8,16-17H,1H3. The second kappa shape index (κ2) is 4.69. The van der Waals surface area contributed by atoms with Gasteiger partial charge in [0.2, 0.25) is 0 Å². The maximum absolute atomic E-state index is 13.4. The number of hydrogen-bond acceptors (Lipinski definition) is 2. The van der Waals surface area contributed by atoms with E-state index >= 15 is 0 Å². The minimum Gasteiger partial charge on any atom is -0.423 e. The molecule has 0 saturated heterocycles. The molecule has 0 aliphatic rings. The monoisotopic (exact) mass is 230 g/mol. The number of rotatable bonds is 2. The van der Waals surface area contributed by atoms with E-state index < -0.39 is 12.9 Å². The van der Waals surface area contributed by atoms with Crippen LogP contribution in [0.15, 0.2) is 42.5 Å². The van der Waals surface area contributed by atoms with Crippen LogP contribution >= 0.6 is 0 Å². The number of halogens is 1. The molecule has 2 rings (SSSR count). The highest BCUT2D eigenvalue weighted by molar-refractivity contribution is 6.58. The van der Waals surface area contributed by atoms with Gasteiger partial charge in [0, 0.05) is 0 Å². The normalized spacial score (nSPS) is 10.4. The highest BCUT2D eigenvalue weighted by Crippen LogP contribution is 2.20. The highest BCUT2D eigenvalue weighted by Gasteiger charge is 2.13. The molecule has 0 atom stereocenters. The van der Waals surface area contributed by atoms with Crippen molar-refractivity contribution in [1.29, 1.82) is 0 Å². The van der Waals surface area contributed by atoms with Gasteiger partial charge < -0.3 is 10.0 Å². The van der Waals surface area contributed by atoms with Crippen LogP contribution in [0.4, 0.5) is 4.39 Å². The quantitative estimate of drug-likeness (QED) is 0.767. The average Bonchev–Trinajstić information content (AvgIpc) is 2.28. The molecule has 0 heterocycles. The Morgan fingerprint density at radius 3 is 2.41 bits per heavy atom. The topological polar surface area (TPSA) is 40.5 Å². The van der Waals surface area contributed by atoms with Crippen LogP contribution in [0.5, 0.6) is 0 Å². The molecule has 0 amide bonds. The summed E-state index contributed by atoms with van der Waals surface area (Å²) in [6.07, 6.45) is 0. The molecule has 2 aromatic rings. The van der Waals surface area contributed by atoms with Gasteiger partial charge in [0.1, 0.15) is 5.82 Å². The maximum Gasteiger partial charge on any atom is 0.488 e. The molecule has 0 bridgehead atoms. The van der Waals surface area contributed by atoms with Crippen LogP contribution in [-0.2, 0) is 0 Å². The van der Waals surface area contributed by atoms with Crippen LogP contribution in [-0.4, -0.2) is 17.2 Å². The predicted molar refractivity (Wildman–Crippen MR) is 66.4 cm³/mol. The lowest BCUT2D eigenvalue weighted by Gasteiger charge is -2.06. The van der Waals surface area contributed by atoms with E-state index in [9.17, 15) is 4.39 Å². The van der Waals surface area contributed by atoms with Gasteiger partial charge in [-0.25, -0.2) is 4.39 Å². The van der Waals surface area contributed by atoms with E-state index in [2.05, 4.69) is 0 Å². The third-order valence-corrected chi connectivity index (χ3v) is 2.57. The second-order valence-electron chi connectivity index (χ2n) is 4.02. The van der Waals surface area contributed by atoms with Crippen LogP contribution in [0.1, 0.15) is 5.56 Å². The molecule has 0 radical (unpaired) electrons. The molecule has 0 aliphatic carbocycles. The minimum absolute atomic E-state index is 0.154. The SMILES string of the molecule is Cc1cccc(-c2cc(F)cc(B(O)O)c2)c1. The Balaban J connectivity index is 2.52. The first kappa shape index (κ1) is 11.8. The van der Waals surface area contributed by atoms with Crippen molar-refractivity contribution in [3.8, 4) is 11.1 Å². The summed E-state index contributed by atoms with van der Waals surface area (Å²) in [5, 5.41) is 18.1. The summed E-state index contributed by atoms with van der Waals surface area (Å²) in [7, 11) is -1.66. The van der Waals surface area contributed by atoms with Gasteiger partial charge in [-0.2, -0.15) is 0 Å². The zero-order chi connectivity index (χ0) is 12.4. The molecule has 4 heteroatoms. The molecule has 2 nitrogen and oxygen atoms in total. The van der Waals surface area contributed by atoms with Gasteiger partial charge in [0.25, 0.3) is 0 Å². The third-order valence-electron chi connectivity index (χ3n) is 2.57. The molecule has 0 aliphatic heterocycles. The van der Waals surface area contributed by atoms with Crippen LogP contribution < -0.4 is 5.46 Å². The van der Waals surface area contributed by atoms with Crippen molar-refractivity contribution in [3.63, 3.8) is 0 Å². The van der Waals surface area contributed by atoms with E-state index in [-0.39, 0.29) is 5.46 Å². The first-order valence-electron chi connectivity index (χ1n) is 5.30. The fourth-order valence-corrected chi connectivity index (χ4v) is 1.75. The Hall–Kier alpha value is -1.65. The summed E-state index contributed by atoms with van der Waals surface area (Å²) in [6.45, 7) is 1.95. The van der Waals surface area contributed by atoms with Crippen molar-refractivity contribution in [3.05, 3.63) is 53.8 Å². The van der Waals surface area contributed by atoms with Gasteiger partial charge in [-0.15, -0.1) is 0 Å². The average molecular weight is 230 g/mol. The fraction of sp³-hybridized carbons (Fsp3) is 0.0769. The molecule has 0 unspecified atom stereocenters. The Labute approximate surface area is 99.5 Å². The van der Waals surface area contributed by atoms with Crippen molar-refractivity contribution < 1.29 is 14.4 Å². The van der Waals surface area contributed by atoms with E-state index in [0.29, 0.717) is 5.56 Å². The summed E-state index contributed by atoms with van der Waals surface area (Å²) in [5.74, 6) is -0.480. The van der Waals surface area contributed by atoms with E-state index in [1.807, 2.05) is 31.2 Å². The lowest BCUT2D eigenvalue weighted by Crippen LogP contribution is -2.30. The predicted octanol–water partition coefficient (Wildman–Crippen LogP) is 1.48. The first-order chi connectivity index (χ1) is 8.06. The first-order valence-corrected chi connectivity index (χ1v) is 5.30. The van der Waals surface area contributed by atoms with Crippen LogP contribution in [0.25, 0.3) is 11.1 Å².